The largest absolute Gasteiger partial charge is 0.397 e. The van der Waals surface area contributed by atoms with Gasteiger partial charge in [-0.3, -0.25) is 0 Å². The summed E-state index contributed by atoms with van der Waals surface area (Å²) in [7, 11) is 0. The number of alkyl halides is 3. The Kier molecular flexibility index (Phi) is 1.53. The third kappa shape index (κ3) is 1.04. The Bertz CT molecular complexity index is 151. The highest BCUT2D eigenvalue weighted by molar-refractivity contribution is 5.12. The molecule has 0 N–H and O–H groups in total. The van der Waals surface area contributed by atoms with Gasteiger partial charge in [0, 0.05) is 0 Å². The normalized spacial score (nSPS) is 23.6. The Morgan fingerprint density at radius 3 is 1.90 bits per heavy atom. The molecule has 1 rings (SSSR count). The van der Waals surface area contributed by atoms with Crippen LogP contribution in [0.2, 0.25) is 0 Å². The molecular weight excluding hydrogens is 141 g/mol. The van der Waals surface area contributed by atoms with Crippen LogP contribution in [0.15, 0.2) is 12.2 Å². The zero-order valence-electron chi connectivity index (χ0n) is 5.70. The smallest absolute Gasteiger partial charge is 0.170 e. The van der Waals surface area contributed by atoms with Crippen molar-refractivity contribution < 1.29 is 13.2 Å². The van der Waals surface area contributed by atoms with Gasteiger partial charge < -0.3 is 0 Å². The van der Waals surface area contributed by atoms with Crippen molar-refractivity contribution in [3.63, 3.8) is 0 Å². The summed E-state index contributed by atoms with van der Waals surface area (Å²) in [5, 5.41) is 0. The summed E-state index contributed by atoms with van der Waals surface area (Å²) in [5.41, 5.74) is -1.44. The Morgan fingerprint density at radius 1 is 1.30 bits per heavy atom. The van der Waals surface area contributed by atoms with E-state index >= 15 is 0 Å². The number of rotatable bonds is 1. The zero-order chi connectivity index (χ0) is 7.83. The molecule has 0 aromatic carbocycles. The topological polar surface area (TPSA) is 0 Å². The van der Waals surface area contributed by atoms with Gasteiger partial charge in [-0.25, -0.2) is 0 Å². The molecular formula is C7H9F3. The molecule has 1 fully saturated rings. The van der Waals surface area contributed by atoms with Crippen LogP contribution in [0.25, 0.3) is 0 Å². The fourth-order valence-corrected chi connectivity index (χ4v) is 0.998. The fourth-order valence-electron chi connectivity index (χ4n) is 0.998. The van der Waals surface area contributed by atoms with Crippen LogP contribution in [0.5, 0.6) is 0 Å². The molecule has 10 heavy (non-hydrogen) atoms. The molecule has 0 aliphatic heterocycles. The lowest BCUT2D eigenvalue weighted by Gasteiger charge is -2.13. The van der Waals surface area contributed by atoms with E-state index in [0.717, 1.165) is 0 Å². The van der Waals surface area contributed by atoms with Gasteiger partial charge >= 0.3 is 6.18 Å². The molecule has 0 nitrogen and oxygen atoms in total. The minimum absolute atomic E-state index is 0.265. The van der Waals surface area contributed by atoms with Crippen molar-refractivity contribution in [3.8, 4) is 0 Å². The molecule has 1 aliphatic rings. The Hall–Kier alpha value is -0.470. The first kappa shape index (κ1) is 7.63. The highest BCUT2D eigenvalue weighted by Crippen LogP contribution is 2.58. The van der Waals surface area contributed by atoms with E-state index in [1.807, 2.05) is 0 Å². The molecule has 0 unspecified atom stereocenters. The minimum Gasteiger partial charge on any atom is -0.170 e. The van der Waals surface area contributed by atoms with E-state index < -0.39 is 11.6 Å². The van der Waals surface area contributed by atoms with E-state index in [2.05, 4.69) is 0 Å². The van der Waals surface area contributed by atoms with Crippen molar-refractivity contribution in [3.05, 3.63) is 12.2 Å². The zero-order valence-corrected chi connectivity index (χ0v) is 5.70. The number of halogens is 3. The van der Waals surface area contributed by atoms with E-state index in [4.69, 9.17) is 0 Å². The lowest BCUT2D eigenvalue weighted by Crippen LogP contribution is -2.21. The number of hydrogen-bond acceptors (Lipinski definition) is 0. The maximum atomic E-state index is 12.0. The van der Waals surface area contributed by atoms with Gasteiger partial charge in [-0.15, -0.1) is 0 Å². The summed E-state index contributed by atoms with van der Waals surface area (Å²) in [6.45, 7) is 1.62. The van der Waals surface area contributed by atoms with Crippen LogP contribution in [0.3, 0.4) is 0 Å². The number of hydrogen-bond donors (Lipinski definition) is 0. The summed E-state index contributed by atoms with van der Waals surface area (Å²) in [4.78, 5) is 0. The number of allylic oxidation sites excluding steroid dienone is 2. The summed E-state index contributed by atoms with van der Waals surface area (Å²) in [5.74, 6) is 0. The van der Waals surface area contributed by atoms with E-state index in [0.29, 0.717) is 0 Å². The molecule has 0 saturated heterocycles. The van der Waals surface area contributed by atoms with Crippen molar-refractivity contribution in [2.45, 2.75) is 25.9 Å². The van der Waals surface area contributed by atoms with Gasteiger partial charge in [-0.2, -0.15) is 13.2 Å². The molecule has 0 heterocycles. The maximum Gasteiger partial charge on any atom is 0.397 e. The monoisotopic (exact) mass is 150 g/mol. The van der Waals surface area contributed by atoms with E-state index in [9.17, 15) is 13.2 Å². The van der Waals surface area contributed by atoms with Crippen molar-refractivity contribution in [2.75, 3.05) is 0 Å². The van der Waals surface area contributed by atoms with Crippen molar-refractivity contribution in [1.82, 2.24) is 0 Å². The summed E-state index contributed by atoms with van der Waals surface area (Å²) in [6, 6.07) is 0. The van der Waals surface area contributed by atoms with Gasteiger partial charge in [0.25, 0.3) is 0 Å². The van der Waals surface area contributed by atoms with Crippen LogP contribution < -0.4 is 0 Å². The van der Waals surface area contributed by atoms with Gasteiger partial charge in [-0.05, 0) is 19.8 Å². The molecule has 0 aromatic rings. The van der Waals surface area contributed by atoms with E-state index in [1.165, 1.54) is 12.2 Å². The van der Waals surface area contributed by atoms with Gasteiger partial charge in [0.15, 0.2) is 0 Å². The van der Waals surface area contributed by atoms with Crippen LogP contribution in [0.4, 0.5) is 13.2 Å². The lowest BCUT2D eigenvalue weighted by atomic mass is 10.1. The van der Waals surface area contributed by atoms with Crippen LogP contribution in [-0.2, 0) is 0 Å². The molecule has 1 aliphatic carbocycles. The standard InChI is InChI=1S/C7H9F3/c1-2-3-6(4-5-6)7(8,9)10/h2-3H,4-5H2,1H3/b3-2-. The first-order valence-corrected chi connectivity index (χ1v) is 3.22. The first-order chi connectivity index (χ1) is 4.52. The predicted molar refractivity (Wildman–Crippen MR) is 32.5 cm³/mol. The van der Waals surface area contributed by atoms with Gasteiger partial charge in [0.05, 0.1) is 5.41 Å². The van der Waals surface area contributed by atoms with Crippen LogP contribution in [0.1, 0.15) is 19.8 Å². The average molecular weight is 150 g/mol. The van der Waals surface area contributed by atoms with Crippen molar-refractivity contribution >= 4 is 0 Å². The van der Waals surface area contributed by atoms with Crippen LogP contribution >= 0.6 is 0 Å². The summed E-state index contributed by atoms with van der Waals surface area (Å²) in [6.07, 6.45) is -0.769. The van der Waals surface area contributed by atoms with Gasteiger partial charge in [0.2, 0.25) is 0 Å². The highest BCUT2D eigenvalue weighted by Gasteiger charge is 2.61. The Labute approximate surface area is 57.7 Å². The third-order valence-electron chi connectivity index (χ3n) is 1.84. The van der Waals surface area contributed by atoms with E-state index in [1.54, 1.807) is 6.92 Å². The predicted octanol–water partition coefficient (Wildman–Crippen LogP) is 2.91. The van der Waals surface area contributed by atoms with Crippen LogP contribution in [-0.4, -0.2) is 6.18 Å². The van der Waals surface area contributed by atoms with Crippen LogP contribution in [0, 0.1) is 5.41 Å². The third-order valence-corrected chi connectivity index (χ3v) is 1.84. The van der Waals surface area contributed by atoms with Crippen molar-refractivity contribution in [2.24, 2.45) is 5.41 Å². The first-order valence-electron chi connectivity index (χ1n) is 3.22. The molecule has 3 heteroatoms. The minimum atomic E-state index is -4.03. The quantitative estimate of drug-likeness (QED) is 0.504. The maximum absolute atomic E-state index is 12.0. The molecule has 0 amide bonds. The van der Waals surface area contributed by atoms with Gasteiger partial charge in [0.1, 0.15) is 0 Å². The molecule has 0 radical (unpaired) electrons. The molecule has 0 bridgehead atoms. The summed E-state index contributed by atoms with van der Waals surface area (Å²) >= 11 is 0. The average Bonchev–Trinajstić information content (AvgIpc) is 2.45. The second kappa shape index (κ2) is 2.01. The molecule has 0 atom stereocenters. The second-order valence-electron chi connectivity index (χ2n) is 2.65. The highest BCUT2D eigenvalue weighted by atomic mass is 19.4. The van der Waals surface area contributed by atoms with Gasteiger partial charge in [-0.1, -0.05) is 12.2 Å². The summed E-state index contributed by atoms with van der Waals surface area (Å²) < 4.78 is 36.1. The molecule has 1 saturated carbocycles. The molecule has 58 valence electrons. The Balaban J connectivity index is 2.70. The molecule has 0 spiro atoms. The Morgan fingerprint density at radius 2 is 1.80 bits per heavy atom. The van der Waals surface area contributed by atoms with Crippen molar-refractivity contribution in [1.29, 1.82) is 0 Å². The molecule has 0 aromatic heterocycles. The fraction of sp³-hybridized carbons (Fsp3) is 0.714. The lowest BCUT2D eigenvalue weighted by molar-refractivity contribution is -0.171. The second-order valence-corrected chi connectivity index (χ2v) is 2.65. The SMILES string of the molecule is C/C=C\C1(C(F)(F)F)CC1. The van der Waals surface area contributed by atoms with E-state index in [-0.39, 0.29) is 12.8 Å².